The molecule has 0 saturated heterocycles. The normalized spacial score (nSPS) is 13.8. The molecule has 400 valence electrons. The van der Waals surface area contributed by atoms with E-state index in [1.54, 1.807) is 0 Å². The minimum atomic E-state index is -3.31. The van der Waals surface area contributed by atoms with E-state index in [4.69, 9.17) is 19.3 Å². The zero-order chi connectivity index (χ0) is 47.6. The Morgan fingerprint density at radius 2 is 0.727 bits per heavy atom. The second-order valence-corrected chi connectivity index (χ2v) is 25.3. The molecule has 0 heterocycles. The van der Waals surface area contributed by atoms with Crippen molar-refractivity contribution < 1.29 is 28.3 Å². The second kappa shape index (κ2) is 53.5. The number of rotatable bonds is 56. The van der Waals surface area contributed by atoms with Gasteiger partial charge >= 0.3 is 7.75 Å². The van der Waals surface area contributed by atoms with Gasteiger partial charge in [-0.15, -0.1) is 0 Å². The van der Waals surface area contributed by atoms with Gasteiger partial charge in [0.25, 0.3) is 0 Å². The molecule has 3 N–H and O–H groups in total. The molecule has 0 aromatic rings. The molecule has 10 heteroatoms. The van der Waals surface area contributed by atoms with Gasteiger partial charge in [-0.3, -0.25) is 9.05 Å². The summed E-state index contributed by atoms with van der Waals surface area (Å²) in [6.07, 6.45) is 51.5. The molecule has 2 unspecified atom stereocenters. The van der Waals surface area contributed by atoms with E-state index < -0.39 is 7.75 Å². The number of thioether (sulfide) groups is 2. The summed E-state index contributed by atoms with van der Waals surface area (Å²) >= 11 is 4.50. The van der Waals surface area contributed by atoms with Gasteiger partial charge in [-0.2, -0.15) is 23.5 Å². The van der Waals surface area contributed by atoms with Crippen molar-refractivity contribution in [3.05, 3.63) is 7.43 Å². The molecule has 0 aliphatic heterocycles. The van der Waals surface area contributed by atoms with Gasteiger partial charge in [0.1, 0.15) is 0 Å². The Morgan fingerprint density at radius 1 is 0.439 bits per heavy atom. The second-order valence-electron chi connectivity index (χ2n) is 20.7. The van der Waals surface area contributed by atoms with Crippen LogP contribution in [0.1, 0.15) is 271 Å². The Bertz CT molecular complexity index is 915. The number of quaternary nitrogens is 1. The van der Waals surface area contributed by atoms with E-state index in [9.17, 15) is 4.57 Å². The zero-order valence-electron chi connectivity index (χ0n) is 45.4. The minimum absolute atomic E-state index is 0. The number of hydrogen-bond acceptors (Lipinski definition) is 7. The molecule has 2 atom stereocenters. The lowest BCUT2D eigenvalue weighted by molar-refractivity contribution is -0.869. The van der Waals surface area contributed by atoms with Crippen molar-refractivity contribution in [1.29, 1.82) is 0 Å². The van der Waals surface area contributed by atoms with E-state index in [0.717, 1.165) is 60.1 Å². The van der Waals surface area contributed by atoms with Gasteiger partial charge in [-0.1, -0.05) is 206 Å². The van der Waals surface area contributed by atoms with E-state index in [1.165, 1.54) is 230 Å². The average molecular weight is 996 g/mol. The highest BCUT2D eigenvalue weighted by Gasteiger charge is 2.25. The Morgan fingerprint density at radius 3 is 1.05 bits per heavy atom. The van der Waals surface area contributed by atoms with Crippen LogP contribution in [0.4, 0.5) is 0 Å². The fourth-order valence-corrected chi connectivity index (χ4v) is 12.8. The van der Waals surface area contributed by atoms with Crippen LogP contribution in [0.2, 0.25) is 0 Å². The van der Waals surface area contributed by atoms with Crippen LogP contribution < -0.4 is 5.09 Å². The first-order valence-electron chi connectivity index (χ1n) is 28.6. The first-order valence-corrected chi connectivity index (χ1v) is 32.2. The lowest BCUT2D eigenvalue weighted by atomic mass is 10.0. The summed E-state index contributed by atoms with van der Waals surface area (Å²) in [4.78, 5) is 0. The van der Waals surface area contributed by atoms with Crippen LogP contribution in [0.25, 0.3) is 0 Å². The van der Waals surface area contributed by atoms with Crippen molar-refractivity contribution in [3.8, 4) is 0 Å². The molecule has 0 aromatic carbocycles. The molecule has 7 nitrogen and oxygen atoms in total. The minimum Gasteiger partial charge on any atom is -0.396 e. The Balaban J connectivity index is 0. The van der Waals surface area contributed by atoms with Crippen molar-refractivity contribution in [2.24, 2.45) is 0 Å². The van der Waals surface area contributed by atoms with Gasteiger partial charge in [-0.05, 0) is 75.7 Å². The van der Waals surface area contributed by atoms with Crippen LogP contribution in [-0.4, -0.2) is 97.4 Å². The number of nitrogens with zero attached hydrogens (tertiary/aromatic N) is 1. The summed E-state index contributed by atoms with van der Waals surface area (Å²) in [5.74, 6) is 2.61. The molecule has 0 radical (unpaired) electrons. The highest BCUT2D eigenvalue weighted by Crippen LogP contribution is 2.44. The molecule has 0 rings (SSSR count). The summed E-state index contributed by atoms with van der Waals surface area (Å²) in [6, 6.07) is 0. The predicted molar refractivity (Wildman–Crippen MR) is 300 cm³/mol. The van der Waals surface area contributed by atoms with Crippen LogP contribution in [0.15, 0.2) is 0 Å². The van der Waals surface area contributed by atoms with Crippen LogP contribution in [-0.2, 0) is 13.6 Å². The van der Waals surface area contributed by atoms with Gasteiger partial charge in [0.15, 0.2) is 0 Å². The van der Waals surface area contributed by atoms with Crippen LogP contribution >= 0.6 is 31.3 Å². The Hall–Kier alpha value is 0.690. The summed E-state index contributed by atoms with van der Waals surface area (Å²) in [6.45, 7) is 7.77. The fourth-order valence-electron chi connectivity index (χ4n) is 8.65. The average Bonchev–Trinajstić information content (AvgIpc) is 3.28. The Labute approximate surface area is 423 Å². The number of aliphatic hydroxyl groups is 2. The standard InChI is InChI=1S/C55H116N2O5PS2.CH3/c1-6-8-10-12-22-32-42-54(64-52-40-30-20-26-36-48-58)44-34-24-16-14-18-28-38-50-61-63(60,56-46-47-57(3,4)5)62-51-39-29-19-15-17-25-35-45-55(43-33-23-13-11-9-7-2)65-53-41-31-21-27-37-49-59;/h54-55,58-59H,6-53H2,1-5H3,(H,56,60);1H3/q+1;-1. The van der Waals surface area contributed by atoms with E-state index in [0.29, 0.717) is 33.0 Å². The quantitative estimate of drug-likeness (QED) is 0.0240. The summed E-state index contributed by atoms with van der Waals surface area (Å²) in [5.41, 5.74) is 0. The van der Waals surface area contributed by atoms with Crippen LogP contribution in [0.3, 0.4) is 0 Å². The van der Waals surface area contributed by atoms with Crippen molar-refractivity contribution in [3.63, 3.8) is 0 Å². The van der Waals surface area contributed by atoms with Gasteiger partial charge < -0.3 is 22.1 Å². The van der Waals surface area contributed by atoms with Crippen molar-refractivity contribution in [2.75, 3.05) is 72.2 Å². The highest BCUT2D eigenvalue weighted by atomic mass is 32.2. The predicted octanol–water partition coefficient (Wildman–Crippen LogP) is 17.7. The zero-order valence-corrected chi connectivity index (χ0v) is 48.0. The molecule has 0 aliphatic carbocycles. The van der Waals surface area contributed by atoms with Crippen LogP contribution in [0, 0.1) is 7.43 Å². The first-order chi connectivity index (χ1) is 31.7. The molecule has 0 aromatic heterocycles. The Kier molecular flexibility index (Phi) is 55.7. The maximum absolute atomic E-state index is 13.8. The maximum atomic E-state index is 13.8. The van der Waals surface area contributed by atoms with E-state index in [-0.39, 0.29) is 7.43 Å². The molecular weight excluding hydrogens is 876 g/mol. The summed E-state index contributed by atoms with van der Waals surface area (Å²) < 4.78 is 26.6. The SMILES string of the molecule is CCCCCCCCC(CCCCCCCCCOP(=O)(NCC[N+](C)(C)C)OCCCCCCCCCC(CCCCCCCC)SCCCCCCCO)SCCCCCCCO.[CH3-]. The summed E-state index contributed by atoms with van der Waals surface area (Å²) in [7, 11) is 3.16. The molecule has 0 fully saturated rings. The van der Waals surface area contributed by atoms with Gasteiger partial charge in [-0.25, -0.2) is 9.65 Å². The molecule has 66 heavy (non-hydrogen) atoms. The van der Waals surface area contributed by atoms with E-state index in [1.807, 2.05) is 0 Å². The monoisotopic (exact) mass is 995 g/mol. The third-order valence-corrected chi connectivity index (χ3v) is 17.6. The van der Waals surface area contributed by atoms with Crippen molar-refractivity contribution in [2.45, 2.75) is 281 Å². The number of nitrogens with one attached hydrogen (secondary N) is 1. The lowest BCUT2D eigenvalue weighted by Gasteiger charge is -2.25. The molecule has 0 aliphatic rings. The maximum Gasteiger partial charge on any atom is 0.405 e. The molecule has 0 bridgehead atoms. The largest absolute Gasteiger partial charge is 0.405 e. The topological polar surface area (TPSA) is 88.0 Å². The third kappa shape index (κ3) is 52.5. The van der Waals surface area contributed by atoms with Crippen LogP contribution in [0.5, 0.6) is 0 Å². The fraction of sp³-hybridized carbons (Fsp3) is 0.982. The van der Waals surface area contributed by atoms with Gasteiger partial charge in [0.2, 0.25) is 0 Å². The summed E-state index contributed by atoms with van der Waals surface area (Å²) in [5, 5.41) is 22.9. The van der Waals surface area contributed by atoms with Gasteiger partial charge in [0, 0.05) is 23.7 Å². The lowest BCUT2D eigenvalue weighted by Crippen LogP contribution is -2.40. The number of likely N-dealkylation sites (N-methyl/N-ethyl adjacent to an activating group) is 1. The molecular formula is C56H119N2O5PS2. The van der Waals surface area contributed by atoms with Crippen molar-refractivity contribution >= 4 is 31.3 Å². The van der Waals surface area contributed by atoms with E-state index >= 15 is 0 Å². The highest BCUT2D eigenvalue weighted by molar-refractivity contribution is 8.00. The molecule has 0 amide bonds. The van der Waals surface area contributed by atoms with E-state index in [2.05, 4.69) is 63.6 Å². The number of aliphatic hydroxyl groups excluding tert-OH is 2. The molecule has 0 spiro atoms. The molecule has 0 saturated carbocycles. The van der Waals surface area contributed by atoms with Gasteiger partial charge in [0.05, 0.1) is 47.4 Å². The number of hydrogen-bond donors (Lipinski definition) is 3. The first kappa shape index (κ1) is 68.8. The number of unbranched alkanes of at least 4 members (excludes halogenated alkanes) is 30. The van der Waals surface area contributed by atoms with Crippen molar-refractivity contribution in [1.82, 2.24) is 5.09 Å². The third-order valence-electron chi connectivity index (χ3n) is 13.0. The smallest absolute Gasteiger partial charge is 0.396 e.